The average Bonchev–Trinajstić information content (AvgIpc) is 3.49. The van der Waals surface area contributed by atoms with Gasteiger partial charge in [0.15, 0.2) is 18.1 Å². The number of aromatic nitrogens is 3. The molecular formula is C24H24N4O4S2. The molecule has 34 heavy (non-hydrogen) atoms. The van der Waals surface area contributed by atoms with Gasteiger partial charge in [-0.3, -0.25) is 9.59 Å². The SMILES string of the molecule is COc1cc(C)ccc1OCC(=O)NCCn1nc(-c2sc(-c3cccs3)nc2C)ccc1=O. The van der Waals surface area contributed by atoms with Crippen molar-refractivity contribution in [1.29, 1.82) is 0 Å². The van der Waals surface area contributed by atoms with E-state index < -0.39 is 0 Å². The van der Waals surface area contributed by atoms with E-state index in [1.807, 2.05) is 43.5 Å². The van der Waals surface area contributed by atoms with Gasteiger partial charge in [-0.25, -0.2) is 9.67 Å². The Hall–Kier alpha value is -3.50. The van der Waals surface area contributed by atoms with Crippen LogP contribution in [0.2, 0.25) is 0 Å². The van der Waals surface area contributed by atoms with Gasteiger partial charge in [0, 0.05) is 12.6 Å². The van der Waals surface area contributed by atoms with E-state index in [1.54, 1.807) is 41.9 Å². The summed E-state index contributed by atoms with van der Waals surface area (Å²) in [5.74, 6) is 0.766. The van der Waals surface area contributed by atoms with E-state index in [0.29, 0.717) is 17.2 Å². The predicted octanol–water partition coefficient (Wildman–Crippen LogP) is 3.92. The van der Waals surface area contributed by atoms with Gasteiger partial charge in [-0.1, -0.05) is 12.1 Å². The van der Waals surface area contributed by atoms with Crippen LogP contribution in [0, 0.1) is 13.8 Å². The van der Waals surface area contributed by atoms with Gasteiger partial charge in [-0.15, -0.1) is 22.7 Å². The van der Waals surface area contributed by atoms with Crippen molar-refractivity contribution in [2.24, 2.45) is 0 Å². The normalized spacial score (nSPS) is 10.8. The van der Waals surface area contributed by atoms with E-state index in [1.165, 1.54) is 10.7 Å². The summed E-state index contributed by atoms with van der Waals surface area (Å²) >= 11 is 3.18. The van der Waals surface area contributed by atoms with E-state index in [9.17, 15) is 9.59 Å². The van der Waals surface area contributed by atoms with Crippen LogP contribution < -0.4 is 20.3 Å². The highest BCUT2D eigenvalue weighted by atomic mass is 32.1. The van der Waals surface area contributed by atoms with Gasteiger partial charge in [0.2, 0.25) is 0 Å². The Labute approximate surface area is 204 Å². The number of hydrogen-bond acceptors (Lipinski definition) is 8. The summed E-state index contributed by atoms with van der Waals surface area (Å²) in [4.78, 5) is 31.2. The van der Waals surface area contributed by atoms with Crippen LogP contribution >= 0.6 is 22.7 Å². The summed E-state index contributed by atoms with van der Waals surface area (Å²) in [5.41, 5.74) is 2.34. The van der Waals surface area contributed by atoms with Crippen LogP contribution in [0.3, 0.4) is 0 Å². The molecule has 1 aromatic carbocycles. The first kappa shape index (κ1) is 23.7. The zero-order valence-corrected chi connectivity index (χ0v) is 20.7. The second-order valence-corrected chi connectivity index (χ2v) is 9.43. The van der Waals surface area contributed by atoms with Crippen LogP contribution in [0.25, 0.3) is 20.5 Å². The summed E-state index contributed by atoms with van der Waals surface area (Å²) in [6.45, 7) is 4.20. The van der Waals surface area contributed by atoms with Gasteiger partial charge in [-0.2, -0.15) is 5.10 Å². The molecule has 0 aliphatic heterocycles. The highest BCUT2D eigenvalue weighted by Gasteiger charge is 2.14. The number of thiophene rings is 1. The van der Waals surface area contributed by atoms with Gasteiger partial charge >= 0.3 is 0 Å². The molecule has 0 atom stereocenters. The molecule has 0 saturated carbocycles. The second-order valence-electron chi connectivity index (χ2n) is 7.48. The molecule has 10 heteroatoms. The maximum atomic E-state index is 12.3. The zero-order chi connectivity index (χ0) is 24.1. The van der Waals surface area contributed by atoms with Crippen LogP contribution in [0.15, 0.2) is 52.6 Å². The monoisotopic (exact) mass is 496 g/mol. The number of hydrogen-bond donors (Lipinski definition) is 1. The van der Waals surface area contributed by atoms with Gasteiger partial charge in [0.1, 0.15) is 10.7 Å². The van der Waals surface area contributed by atoms with Gasteiger partial charge in [0.25, 0.3) is 11.5 Å². The fourth-order valence-electron chi connectivity index (χ4n) is 3.26. The van der Waals surface area contributed by atoms with E-state index >= 15 is 0 Å². The summed E-state index contributed by atoms with van der Waals surface area (Å²) in [6, 6.07) is 12.7. The van der Waals surface area contributed by atoms with Crippen molar-refractivity contribution in [1.82, 2.24) is 20.1 Å². The molecule has 0 unspecified atom stereocenters. The number of methoxy groups -OCH3 is 1. The Morgan fingerprint density at radius 3 is 2.76 bits per heavy atom. The first-order valence-electron chi connectivity index (χ1n) is 10.6. The van der Waals surface area contributed by atoms with E-state index in [0.717, 1.165) is 26.0 Å². The fraction of sp³-hybridized carbons (Fsp3) is 0.250. The minimum atomic E-state index is -0.300. The first-order valence-corrected chi connectivity index (χ1v) is 12.3. The molecule has 8 nitrogen and oxygen atoms in total. The summed E-state index contributed by atoms with van der Waals surface area (Å²) < 4.78 is 12.2. The number of nitrogens with zero attached hydrogens (tertiary/aromatic N) is 3. The number of rotatable bonds is 9. The highest BCUT2D eigenvalue weighted by Crippen LogP contribution is 2.35. The summed E-state index contributed by atoms with van der Waals surface area (Å²) in [7, 11) is 1.55. The number of amides is 1. The van der Waals surface area contributed by atoms with Crippen molar-refractivity contribution >= 4 is 28.6 Å². The first-order chi connectivity index (χ1) is 16.4. The Kier molecular flexibility index (Phi) is 7.39. The molecule has 0 bridgehead atoms. The molecule has 3 aromatic heterocycles. The molecule has 3 heterocycles. The standard InChI is InChI=1S/C24H24N4O4S2/c1-15-6-8-18(19(13-15)31-3)32-14-21(29)25-10-11-28-22(30)9-7-17(27-28)23-16(2)26-24(34-23)20-5-4-12-33-20/h4-9,12-13H,10-11,14H2,1-3H3,(H,25,29). The summed E-state index contributed by atoms with van der Waals surface area (Å²) in [5, 5.41) is 10.2. The lowest BCUT2D eigenvalue weighted by Crippen LogP contribution is -2.34. The molecule has 1 N–H and O–H groups in total. The third-order valence-corrected chi connectivity index (χ3v) is 7.17. The quantitative estimate of drug-likeness (QED) is 0.377. The van der Waals surface area contributed by atoms with E-state index in [-0.39, 0.29) is 31.2 Å². The van der Waals surface area contributed by atoms with Crippen LogP contribution in [0.1, 0.15) is 11.3 Å². The number of ether oxygens (including phenoxy) is 2. The molecule has 0 saturated heterocycles. The van der Waals surface area contributed by atoms with Crippen LogP contribution in [-0.2, 0) is 11.3 Å². The molecule has 0 fully saturated rings. The highest BCUT2D eigenvalue weighted by molar-refractivity contribution is 7.23. The molecule has 0 aliphatic rings. The molecule has 176 valence electrons. The van der Waals surface area contributed by atoms with Crippen LogP contribution in [-0.4, -0.2) is 40.9 Å². The molecule has 0 aliphatic carbocycles. The second kappa shape index (κ2) is 10.6. The minimum Gasteiger partial charge on any atom is -0.493 e. The molecule has 4 rings (SSSR count). The zero-order valence-electron chi connectivity index (χ0n) is 19.0. The van der Waals surface area contributed by atoms with Crippen LogP contribution in [0.5, 0.6) is 11.5 Å². The van der Waals surface area contributed by atoms with Crippen molar-refractivity contribution < 1.29 is 14.3 Å². The molecular weight excluding hydrogens is 472 g/mol. The fourth-order valence-corrected chi connectivity index (χ4v) is 5.09. The Bertz CT molecular complexity index is 1350. The lowest BCUT2D eigenvalue weighted by molar-refractivity contribution is -0.123. The van der Waals surface area contributed by atoms with Gasteiger partial charge in [-0.05, 0) is 49.1 Å². The Balaban J connectivity index is 1.36. The van der Waals surface area contributed by atoms with Crippen molar-refractivity contribution in [2.45, 2.75) is 20.4 Å². The minimum absolute atomic E-state index is 0.159. The maximum absolute atomic E-state index is 12.3. The molecule has 1 amide bonds. The Morgan fingerprint density at radius 1 is 1.15 bits per heavy atom. The number of aryl methyl sites for hydroxylation is 2. The Morgan fingerprint density at radius 2 is 2.00 bits per heavy atom. The largest absolute Gasteiger partial charge is 0.493 e. The van der Waals surface area contributed by atoms with Crippen molar-refractivity contribution in [3.63, 3.8) is 0 Å². The number of thiazole rings is 1. The van der Waals surface area contributed by atoms with Crippen molar-refractivity contribution in [3.8, 4) is 32.0 Å². The maximum Gasteiger partial charge on any atom is 0.266 e. The van der Waals surface area contributed by atoms with E-state index in [4.69, 9.17) is 9.47 Å². The third kappa shape index (κ3) is 5.52. The molecule has 0 spiro atoms. The third-order valence-electron chi connectivity index (χ3n) is 4.95. The van der Waals surface area contributed by atoms with E-state index in [2.05, 4.69) is 15.4 Å². The topological polar surface area (TPSA) is 95.3 Å². The van der Waals surface area contributed by atoms with Crippen LogP contribution in [0.4, 0.5) is 0 Å². The molecule has 0 radical (unpaired) electrons. The smallest absolute Gasteiger partial charge is 0.266 e. The van der Waals surface area contributed by atoms with Gasteiger partial charge in [0.05, 0.1) is 29.1 Å². The number of carbonyl (C=O) groups is 1. The number of carbonyl (C=O) groups excluding carboxylic acids is 1. The average molecular weight is 497 g/mol. The predicted molar refractivity (Wildman–Crippen MR) is 134 cm³/mol. The summed E-state index contributed by atoms with van der Waals surface area (Å²) in [6.07, 6.45) is 0. The van der Waals surface area contributed by atoms with Crippen molar-refractivity contribution in [3.05, 3.63) is 69.5 Å². The lowest BCUT2D eigenvalue weighted by Gasteiger charge is -2.12. The van der Waals surface area contributed by atoms with Gasteiger partial charge < -0.3 is 14.8 Å². The van der Waals surface area contributed by atoms with Crippen molar-refractivity contribution in [2.75, 3.05) is 20.3 Å². The molecule has 4 aromatic rings. The number of nitrogens with one attached hydrogen (secondary N) is 1. The lowest BCUT2D eigenvalue weighted by atomic mass is 10.2. The number of benzene rings is 1.